The Morgan fingerprint density at radius 2 is 1.62 bits per heavy atom. The third-order valence-corrected chi connectivity index (χ3v) is 4.07. The first kappa shape index (κ1) is 20.6. The molecule has 0 bridgehead atoms. The van der Waals surface area contributed by atoms with E-state index in [1.807, 2.05) is 20.8 Å². The lowest BCUT2D eigenvalue weighted by Gasteiger charge is -2.36. The van der Waals surface area contributed by atoms with E-state index in [1.165, 1.54) is 12.8 Å². The lowest BCUT2D eigenvalue weighted by Crippen LogP contribution is -2.52. The van der Waals surface area contributed by atoms with Crippen LogP contribution in [0.5, 0.6) is 0 Å². The van der Waals surface area contributed by atoms with Crippen LogP contribution in [0.25, 0.3) is 0 Å². The molecule has 0 saturated carbocycles. The molecule has 3 heteroatoms. The number of rotatable bonds is 4. The number of ketones is 1. The van der Waals surface area contributed by atoms with Gasteiger partial charge >= 0.3 is 0 Å². The van der Waals surface area contributed by atoms with Crippen molar-refractivity contribution in [1.29, 1.82) is 0 Å². The molecule has 0 radical (unpaired) electrons. The molecule has 1 aliphatic heterocycles. The minimum atomic E-state index is -0.269. The van der Waals surface area contributed by atoms with Crippen LogP contribution >= 0.6 is 0 Å². The van der Waals surface area contributed by atoms with Gasteiger partial charge < -0.3 is 10.2 Å². The SMILES string of the molecule is C.CN1CCC(CC(NC(C)(C)C)C(=O)C(C)(C)C)CC1. The zero-order valence-electron chi connectivity index (χ0n) is 14.5. The van der Waals surface area contributed by atoms with Gasteiger partial charge in [0.05, 0.1) is 6.04 Å². The largest absolute Gasteiger partial charge is 0.306 e. The number of hydrogen-bond donors (Lipinski definition) is 1. The molecule has 1 heterocycles. The molecular weight excluding hydrogens is 260 g/mol. The van der Waals surface area contributed by atoms with Crippen molar-refractivity contribution in [3.63, 3.8) is 0 Å². The molecule has 3 nitrogen and oxygen atoms in total. The van der Waals surface area contributed by atoms with Gasteiger partial charge in [-0.1, -0.05) is 28.2 Å². The van der Waals surface area contributed by atoms with Crippen LogP contribution in [0.4, 0.5) is 0 Å². The minimum Gasteiger partial charge on any atom is -0.306 e. The average molecular weight is 299 g/mol. The summed E-state index contributed by atoms with van der Waals surface area (Å²) in [6.45, 7) is 14.8. The second-order valence-electron chi connectivity index (χ2n) is 8.54. The molecule has 0 aromatic rings. The molecule has 0 aromatic heterocycles. The topological polar surface area (TPSA) is 32.3 Å². The smallest absolute Gasteiger partial charge is 0.155 e. The summed E-state index contributed by atoms with van der Waals surface area (Å²) in [5.41, 5.74) is -0.286. The molecule has 0 aromatic carbocycles. The number of Topliss-reactive ketones (excluding diaryl/α,β-unsaturated/α-hetero) is 1. The standard InChI is InChI=1S/C17H34N2O.CH4/c1-16(2,3)15(20)14(18-17(4,5)6)12-13-8-10-19(7)11-9-13;/h13-14,18H,8-12H2,1-7H3;1H4. The van der Waals surface area contributed by atoms with Crippen LogP contribution < -0.4 is 5.32 Å². The summed E-state index contributed by atoms with van der Waals surface area (Å²) in [5, 5.41) is 3.56. The molecule has 126 valence electrons. The number of likely N-dealkylation sites (tertiary alicyclic amines) is 1. The van der Waals surface area contributed by atoms with E-state index in [-0.39, 0.29) is 24.4 Å². The number of hydrogen-bond acceptors (Lipinski definition) is 3. The molecule has 1 atom stereocenters. The van der Waals surface area contributed by atoms with Gasteiger partial charge in [-0.3, -0.25) is 4.79 Å². The second kappa shape index (κ2) is 7.73. The van der Waals surface area contributed by atoms with E-state index in [9.17, 15) is 4.79 Å². The van der Waals surface area contributed by atoms with Crippen molar-refractivity contribution in [3.05, 3.63) is 0 Å². The highest BCUT2D eigenvalue weighted by atomic mass is 16.1. The van der Waals surface area contributed by atoms with Gasteiger partial charge in [0, 0.05) is 11.0 Å². The average Bonchev–Trinajstić information content (AvgIpc) is 2.27. The fourth-order valence-corrected chi connectivity index (χ4v) is 2.91. The third kappa shape index (κ3) is 7.42. The monoisotopic (exact) mass is 298 g/mol. The highest BCUT2D eigenvalue weighted by Gasteiger charge is 2.34. The second-order valence-corrected chi connectivity index (χ2v) is 8.54. The van der Waals surface area contributed by atoms with Crippen LogP contribution in [0.3, 0.4) is 0 Å². The minimum absolute atomic E-state index is 0. The molecule has 1 N–H and O–H groups in total. The van der Waals surface area contributed by atoms with Gasteiger partial charge in [-0.25, -0.2) is 0 Å². The quantitative estimate of drug-likeness (QED) is 0.858. The first-order valence-electron chi connectivity index (χ1n) is 7.99. The summed E-state index contributed by atoms with van der Waals surface area (Å²) < 4.78 is 0. The van der Waals surface area contributed by atoms with Gasteiger partial charge in [-0.2, -0.15) is 0 Å². The number of nitrogens with one attached hydrogen (secondary N) is 1. The van der Waals surface area contributed by atoms with E-state index in [1.54, 1.807) is 0 Å². The lowest BCUT2D eigenvalue weighted by molar-refractivity contribution is -0.129. The van der Waals surface area contributed by atoms with Crippen LogP contribution in [0.2, 0.25) is 0 Å². The fraction of sp³-hybridized carbons (Fsp3) is 0.944. The van der Waals surface area contributed by atoms with Gasteiger partial charge in [0.25, 0.3) is 0 Å². The van der Waals surface area contributed by atoms with E-state index in [4.69, 9.17) is 0 Å². The van der Waals surface area contributed by atoms with E-state index < -0.39 is 0 Å². The number of nitrogens with zero attached hydrogens (tertiary/aromatic N) is 1. The Labute approximate surface area is 132 Å². The fourth-order valence-electron chi connectivity index (χ4n) is 2.91. The van der Waals surface area contributed by atoms with Crippen LogP contribution in [0.1, 0.15) is 68.2 Å². The van der Waals surface area contributed by atoms with E-state index in [0.29, 0.717) is 11.7 Å². The molecule has 0 aliphatic carbocycles. The summed E-state index contributed by atoms with van der Waals surface area (Å²) >= 11 is 0. The van der Waals surface area contributed by atoms with Crippen LogP contribution in [0.15, 0.2) is 0 Å². The van der Waals surface area contributed by atoms with E-state index in [2.05, 4.69) is 38.0 Å². The Balaban J connectivity index is 0.00000400. The van der Waals surface area contributed by atoms with Crippen LogP contribution in [0, 0.1) is 11.3 Å². The van der Waals surface area contributed by atoms with Crippen molar-refractivity contribution in [2.75, 3.05) is 20.1 Å². The maximum atomic E-state index is 12.7. The first-order valence-corrected chi connectivity index (χ1v) is 7.99. The van der Waals surface area contributed by atoms with Crippen molar-refractivity contribution in [2.45, 2.75) is 79.8 Å². The molecule has 1 aliphatic rings. The summed E-state index contributed by atoms with van der Waals surface area (Å²) in [6, 6.07) is -0.0107. The van der Waals surface area contributed by atoms with E-state index >= 15 is 0 Å². The Bertz CT molecular complexity index is 317. The van der Waals surface area contributed by atoms with E-state index in [0.717, 1.165) is 19.5 Å². The summed E-state index contributed by atoms with van der Waals surface area (Å²) in [4.78, 5) is 15.1. The third-order valence-electron chi connectivity index (χ3n) is 4.07. The zero-order valence-corrected chi connectivity index (χ0v) is 14.5. The van der Waals surface area contributed by atoms with Gasteiger partial charge in [0.1, 0.15) is 0 Å². The van der Waals surface area contributed by atoms with Crippen molar-refractivity contribution in [3.8, 4) is 0 Å². The highest BCUT2D eigenvalue weighted by molar-refractivity contribution is 5.88. The molecule has 0 spiro atoms. The predicted molar refractivity (Wildman–Crippen MR) is 92.7 cm³/mol. The predicted octanol–water partition coefficient (Wildman–Crippen LogP) is 3.73. The first-order chi connectivity index (χ1) is 8.99. The molecule has 1 unspecified atom stereocenters. The number of piperidine rings is 1. The molecule has 1 fully saturated rings. The van der Waals surface area contributed by atoms with Crippen LogP contribution in [-0.4, -0.2) is 42.4 Å². The number of carbonyl (C=O) groups excluding carboxylic acids is 1. The number of carbonyl (C=O) groups is 1. The molecule has 21 heavy (non-hydrogen) atoms. The van der Waals surface area contributed by atoms with Gasteiger partial charge in [0.15, 0.2) is 5.78 Å². The van der Waals surface area contributed by atoms with Crippen molar-refractivity contribution in [1.82, 2.24) is 10.2 Å². The van der Waals surface area contributed by atoms with Crippen LogP contribution in [-0.2, 0) is 4.79 Å². The summed E-state index contributed by atoms with van der Waals surface area (Å²) in [5.74, 6) is 1.03. The molecule has 1 rings (SSSR count). The van der Waals surface area contributed by atoms with Gasteiger partial charge in [-0.05, 0) is 66.1 Å². The Hall–Kier alpha value is -0.410. The maximum absolute atomic E-state index is 12.7. The molecule has 1 saturated heterocycles. The Morgan fingerprint density at radius 3 is 2.00 bits per heavy atom. The van der Waals surface area contributed by atoms with Gasteiger partial charge in [0.2, 0.25) is 0 Å². The van der Waals surface area contributed by atoms with Gasteiger partial charge in [-0.15, -0.1) is 0 Å². The van der Waals surface area contributed by atoms with Crippen molar-refractivity contribution >= 4 is 5.78 Å². The van der Waals surface area contributed by atoms with Crippen molar-refractivity contribution in [2.24, 2.45) is 11.3 Å². The lowest BCUT2D eigenvalue weighted by atomic mass is 9.80. The summed E-state index contributed by atoms with van der Waals surface area (Å²) in [7, 11) is 2.18. The summed E-state index contributed by atoms with van der Waals surface area (Å²) in [6.07, 6.45) is 3.42. The van der Waals surface area contributed by atoms with Crippen molar-refractivity contribution < 1.29 is 4.79 Å². The zero-order chi connectivity index (χ0) is 15.6. The normalized spacial score (nSPS) is 20.0. The Morgan fingerprint density at radius 1 is 1.14 bits per heavy atom. The molecule has 0 amide bonds. The molecular formula is C18H38N2O. The maximum Gasteiger partial charge on any atom is 0.155 e. The Kier molecular flexibility index (Phi) is 7.58. The highest BCUT2D eigenvalue weighted by Crippen LogP contribution is 2.26.